The molecule has 1 aromatic heterocycles. The van der Waals surface area contributed by atoms with Gasteiger partial charge in [0, 0.05) is 17.3 Å². The molecule has 2 aliphatic heterocycles. The van der Waals surface area contributed by atoms with E-state index >= 15 is 0 Å². The summed E-state index contributed by atoms with van der Waals surface area (Å²) in [6.45, 7) is -0.509. The van der Waals surface area contributed by atoms with Crippen LogP contribution in [0.5, 0.6) is 0 Å². The van der Waals surface area contributed by atoms with Crippen molar-refractivity contribution in [3.8, 4) is 0 Å². The molecule has 1 saturated heterocycles. The molecular formula is C13H13N6NaO6S2. The van der Waals surface area contributed by atoms with Crippen molar-refractivity contribution in [3.63, 3.8) is 0 Å². The predicted molar refractivity (Wildman–Crippen MR) is 92.0 cm³/mol. The number of hydrogen-bond acceptors (Lipinski definition) is 12. The first-order chi connectivity index (χ1) is 12.9. The van der Waals surface area contributed by atoms with E-state index in [-0.39, 0.29) is 63.2 Å². The van der Waals surface area contributed by atoms with Gasteiger partial charge in [0.1, 0.15) is 18.5 Å². The van der Waals surface area contributed by atoms with Crippen LogP contribution in [0.4, 0.5) is 5.13 Å². The molecule has 2 aliphatic rings. The van der Waals surface area contributed by atoms with Crippen molar-refractivity contribution in [1.29, 1.82) is 0 Å². The first-order valence-electron chi connectivity index (χ1n) is 7.39. The Morgan fingerprint density at radius 1 is 1.54 bits per heavy atom. The number of oxime groups is 1. The zero-order valence-electron chi connectivity index (χ0n) is 14.7. The molecule has 0 bridgehead atoms. The van der Waals surface area contributed by atoms with Crippen LogP contribution in [-0.2, 0) is 19.2 Å². The van der Waals surface area contributed by atoms with Crippen LogP contribution in [0.15, 0.2) is 16.4 Å². The van der Waals surface area contributed by atoms with Crippen LogP contribution in [0.3, 0.4) is 0 Å². The van der Waals surface area contributed by atoms with Crippen LogP contribution < -0.4 is 45.7 Å². The molecule has 0 aliphatic carbocycles. The third-order valence-corrected chi connectivity index (χ3v) is 5.65. The Kier molecular flexibility index (Phi) is 7.41. The largest absolute Gasteiger partial charge is 1.00 e. The molecule has 4 N–H and O–H groups in total. The number of carboxylic acids is 1. The topological polar surface area (TPSA) is 183 Å². The molecule has 12 nitrogen and oxygen atoms in total. The van der Waals surface area contributed by atoms with Gasteiger partial charge in [0.15, 0.2) is 5.13 Å². The number of nitrogens with zero attached hydrogens (tertiary/aromatic N) is 4. The van der Waals surface area contributed by atoms with Gasteiger partial charge >= 0.3 is 29.6 Å². The number of thioether (sulfide) groups is 1. The molecule has 2 atom stereocenters. The number of anilines is 1. The van der Waals surface area contributed by atoms with Gasteiger partial charge in [-0.25, -0.2) is 0 Å². The molecule has 0 saturated carbocycles. The van der Waals surface area contributed by atoms with Crippen molar-refractivity contribution in [2.45, 2.75) is 11.4 Å². The minimum absolute atomic E-state index is 0. The van der Waals surface area contributed by atoms with Gasteiger partial charge in [-0.15, -0.1) is 11.8 Å². The number of nitrogens with two attached hydrogens (primary N) is 1. The van der Waals surface area contributed by atoms with Crippen LogP contribution in [0.2, 0.25) is 0 Å². The summed E-state index contributed by atoms with van der Waals surface area (Å²) in [5, 5.41) is 26.1. The van der Waals surface area contributed by atoms with Gasteiger partial charge in [-0.3, -0.25) is 14.5 Å². The van der Waals surface area contributed by atoms with Crippen LogP contribution in [-0.4, -0.2) is 73.7 Å². The van der Waals surface area contributed by atoms with Crippen molar-refractivity contribution >= 4 is 51.9 Å². The molecule has 0 radical (unpaired) electrons. The van der Waals surface area contributed by atoms with Gasteiger partial charge in [0.25, 0.3) is 11.8 Å². The molecular weight excluding hydrogens is 423 g/mol. The Hall–Kier alpha value is -1.71. The SMILES string of the molecule is CO/N=C(\C(=O)N[C@H]1C(=O)N2C(C(=O)[O-])=C(CO)CS[C@@H]12)c1nsc(N)n1.[Na+]. The van der Waals surface area contributed by atoms with E-state index in [2.05, 4.69) is 24.7 Å². The van der Waals surface area contributed by atoms with E-state index in [0.29, 0.717) is 0 Å². The molecule has 0 unspecified atom stereocenters. The Morgan fingerprint density at radius 3 is 2.79 bits per heavy atom. The number of β-lactam (4-membered cyclic amide) rings is 1. The number of hydrogen-bond donors (Lipinski definition) is 3. The minimum atomic E-state index is -1.56. The Balaban J connectivity index is 0.00000280. The summed E-state index contributed by atoms with van der Waals surface area (Å²) in [5.41, 5.74) is 5.04. The number of amides is 2. The fourth-order valence-electron chi connectivity index (χ4n) is 2.61. The summed E-state index contributed by atoms with van der Waals surface area (Å²) < 4.78 is 3.88. The summed E-state index contributed by atoms with van der Waals surface area (Å²) in [6, 6.07) is -0.991. The number of nitrogen functional groups attached to an aromatic ring is 1. The first-order valence-corrected chi connectivity index (χ1v) is 9.21. The van der Waals surface area contributed by atoms with Crippen molar-refractivity contribution < 1.29 is 59.0 Å². The van der Waals surface area contributed by atoms with Crippen LogP contribution in [0.1, 0.15) is 5.82 Å². The summed E-state index contributed by atoms with van der Waals surface area (Å²) in [4.78, 5) is 45.7. The summed E-state index contributed by atoms with van der Waals surface area (Å²) in [6.07, 6.45) is 0. The van der Waals surface area contributed by atoms with E-state index in [1.807, 2.05) is 0 Å². The maximum atomic E-state index is 12.5. The van der Waals surface area contributed by atoms with Gasteiger partial charge < -0.3 is 30.9 Å². The summed E-state index contributed by atoms with van der Waals surface area (Å²) in [5.74, 6) is -2.86. The Bertz CT molecular complexity index is 873. The van der Waals surface area contributed by atoms with E-state index in [9.17, 15) is 24.6 Å². The van der Waals surface area contributed by atoms with E-state index in [4.69, 9.17) is 5.73 Å². The number of carbonyl (C=O) groups is 3. The zero-order chi connectivity index (χ0) is 19.7. The molecule has 15 heteroatoms. The second kappa shape index (κ2) is 9.19. The summed E-state index contributed by atoms with van der Waals surface area (Å²) >= 11 is 2.07. The molecule has 3 rings (SSSR count). The van der Waals surface area contributed by atoms with E-state index in [1.54, 1.807) is 0 Å². The Labute approximate surface area is 188 Å². The van der Waals surface area contributed by atoms with Gasteiger partial charge in [0.05, 0.1) is 18.3 Å². The third kappa shape index (κ3) is 4.01. The second-order valence-electron chi connectivity index (χ2n) is 5.34. The van der Waals surface area contributed by atoms with Crippen molar-refractivity contribution in [3.05, 3.63) is 17.1 Å². The van der Waals surface area contributed by atoms with Crippen LogP contribution >= 0.6 is 23.3 Å². The summed E-state index contributed by atoms with van der Waals surface area (Å²) in [7, 11) is 1.23. The predicted octanol–water partition coefficient (Wildman–Crippen LogP) is -6.13. The van der Waals surface area contributed by atoms with Crippen molar-refractivity contribution in [2.75, 3.05) is 25.2 Å². The first kappa shape index (κ1) is 22.6. The number of carbonyl (C=O) groups excluding carboxylic acids is 3. The molecule has 0 spiro atoms. The molecule has 28 heavy (non-hydrogen) atoms. The number of fused-ring (bicyclic) bond motifs is 1. The number of aliphatic hydroxyl groups excluding tert-OH is 1. The number of aromatic nitrogens is 2. The quantitative estimate of drug-likeness (QED) is 0.168. The normalized spacial score (nSPS) is 21.4. The van der Waals surface area contributed by atoms with E-state index < -0.39 is 35.8 Å². The van der Waals surface area contributed by atoms with Crippen molar-refractivity contribution in [2.24, 2.45) is 5.16 Å². The molecule has 3 heterocycles. The maximum Gasteiger partial charge on any atom is 1.00 e. The average molecular weight is 436 g/mol. The fourth-order valence-corrected chi connectivity index (χ4v) is 4.38. The zero-order valence-corrected chi connectivity index (χ0v) is 18.4. The number of carboxylic acid groups (broad SMARTS) is 1. The van der Waals surface area contributed by atoms with Crippen molar-refractivity contribution in [1.82, 2.24) is 19.6 Å². The van der Waals surface area contributed by atoms with E-state index in [0.717, 1.165) is 16.4 Å². The molecule has 1 aromatic rings. The van der Waals surface area contributed by atoms with Crippen LogP contribution in [0, 0.1) is 0 Å². The fraction of sp³-hybridized carbons (Fsp3) is 0.385. The standard InChI is InChI=1S/C13H14N6O6S2.Na/c1-25-17-5(8-16-13(14)27-18-8)9(21)15-6-10(22)19-7(12(23)24)4(2-20)3-26-11(6)19;/h6,11,20H,2-3H2,1H3,(H,15,21)(H,23,24)(H2,14,16,18);/q;+1/p-1/b17-5-;/t6-,11-;/m0./s1. The molecule has 0 aromatic carbocycles. The molecule has 1 fully saturated rings. The minimum Gasteiger partial charge on any atom is -0.543 e. The smallest absolute Gasteiger partial charge is 0.543 e. The average Bonchev–Trinajstić information content (AvgIpc) is 3.08. The maximum absolute atomic E-state index is 12.5. The number of aliphatic hydroxyl groups is 1. The van der Waals surface area contributed by atoms with Crippen LogP contribution in [0.25, 0.3) is 0 Å². The molecule has 144 valence electrons. The number of nitrogens with one attached hydrogen (secondary N) is 1. The van der Waals surface area contributed by atoms with Gasteiger partial charge in [0.2, 0.25) is 11.5 Å². The third-order valence-electron chi connectivity index (χ3n) is 3.77. The van der Waals surface area contributed by atoms with Gasteiger partial charge in [-0.05, 0) is 5.57 Å². The number of rotatable bonds is 6. The monoisotopic (exact) mass is 436 g/mol. The molecule has 2 amide bonds. The second-order valence-corrected chi connectivity index (χ2v) is 7.23. The Morgan fingerprint density at radius 2 is 2.25 bits per heavy atom. The number of aliphatic carboxylic acids is 1. The van der Waals surface area contributed by atoms with Gasteiger partial charge in [-0.1, -0.05) is 5.16 Å². The van der Waals surface area contributed by atoms with E-state index in [1.165, 1.54) is 18.9 Å². The van der Waals surface area contributed by atoms with Gasteiger partial charge in [-0.2, -0.15) is 9.36 Å².